The fraction of sp³-hybridized carbons (Fsp3) is 0.789. The molecule has 1 atom stereocenters. The summed E-state index contributed by atoms with van der Waals surface area (Å²) in [5.74, 6) is 2.50. The summed E-state index contributed by atoms with van der Waals surface area (Å²) >= 11 is 0. The molecule has 25 heavy (non-hydrogen) atoms. The van der Waals surface area contributed by atoms with E-state index >= 15 is 0 Å². The van der Waals surface area contributed by atoms with Crippen LogP contribution >= 0.6 is 0 Å². The van der Waals surface area contributed by atoms with Gasteiger partial charge in [0, 0.05) is 32.0 Å². The summed E-state index contributed by atoms with van der Waals surface area (Å²) in [6, 6.07) is 0.400. The van der Waals surface area contributed by atoms with E-state index in [1.54, 1.807) is 0 Å². The van der Waals surface area contributed by atoms with E-state index < -0.39 is 0 Å². The van der Waals surface area contributed by atoms with Crippen molar-refractivity contribution < 1.29 is 0 Å². The first-order chi connectivity index (χ1) is 12.0. The number of guanidine groups is 1. The van der Waals surface area contributed by atoms with E-state index in [4.69, 9.17) is 0 Å². The fourth-order valence-corrected chi connectivity index (χ4v) is 2.89. The Bertz CT molecular complexity index is 490. The lowest BCUT2D eigenvalue weighted by Gasteiger charge is -2.21. The van der Waals surface area contributed by atoms with E-state index in [2.05, 4.69) is 64.7 Å². The highest BCUT2D eigenvalue weighted by Crippen LogP contribution is 2.04. The summed E-state index contributed by atoms with van der Waals surface area (Å²) in [6.07, 6.45) is 6.25. The van der Waals surface area contributed by atoms with Crippen molar-refractivity contribution in [1.82, 2.24) is 25.1 Å². The summed E-state index contributed by atoms with van der Waals surface area (Å²) in [7, 11) is 1.82. The number of hydrogen-bond donors (Lipinski definition) is 2. The molecule has 0 aromatic carbocycles. The van der Waals surface area contributed by atoms with Crippen LogP contribution in [0, 0.1) is 5.92 Å². The monoisotopic (exact) mass is 350 g/mol. The SMILES string of the molecule is CCN(CC)CCCC(C)NC(=NC)NCc1nccn1CC(C)C. The standard InChI is InChI=1S/C19H38N6/c1-7-24(8-2)12-9-10-17(5)23-19(20-6)22-14-18-21-11-13-25(18)15-16(3)4/h11,13,16-17H,7-10,12,14-15H2,1-6H3,(H2,20,22,23). The molecular weight excluding hydrogens is 312 g/mol. The van der Waals surface area contributed by atoms with Crippen molar-refractivity contribution in [3.05, 3.63) is 18.2 Å². The number of aromatic nitrogens is 2. The maximum atomic E-state index is 4.45. The molecule has 0 bridgehead atoms. The molecule has 0 radical (unpaired) electrons. The zero-order valence-corrected chi connectivity index (χ0v) is 17.0. The number of hydrogen-bond acceptors (Lipinski definition) is 3. The summed E-state index contributed by atoms with van der Waals surface area (Å²) in [4.78, 5) is 11.3. The van der Waals surface area contributed by atoms with Crippen molar-refractivity contribution in [3.8, 4) is 0 Å². The highest BCUT2D eigenvalue weighted by atomic mass is 15.2. The second kappa shape index (κ2) is 11.9. The number of imidazole rings is 1. The van der Waals surface area contributed by atoms with Crippen LogP contribution in [0.1, 0.15) is 53.3 Å². The van der Waals surface area contributed by atoms with Crippen LogP contribution in [0.2, 0.25) is 0 Å². The van der Waals surface area contributed by atoms with Gasteiger partial charge in [0.05, 0.1) is 6.54 Å². The molecule has 0 saturated carbocycles. The van der Waals surface area contributed by atoms with Gasteiger partial charge in [0.15, 0.2) is 5.96 Å². The van der Waals surface area contributed by atoms with Gasteiger partial charge in [-0.25, -0.2) is 4.98 Å². The van der Waals surface area contributed by atoms with E-state index in [9.17, 15) is 0 Å². The van der Waals surface area contributed by atoms with Gasteiger partial charge in [-0.05, 0) is 45.3 Å². The zero-order valence-electron chi connectivity index (χ0n) is 17.0. The molecule has 144 valence electrons. The lowest BCUT2D eigenvalue weighted by Crippen LogP contribution is -2.42. The van der Waals surface area contributed by atoms with Crippen LogP contribution in [0.5, 0.6) is 0 Å². The Labute approximate surface area is 154 Å². The van der Waals surface area contributed by atoms with Crippen molar-refractivity contribution in [1.29, 1.82) is 0 Å². The molecular formula is C19H38N6. The first-order valence-corrected chi connectivity index (χ1v) is 9.69. The molecule has 0 saturated heterocycles. The Hall–Kier alpha value is -1.56. The minimum atomic E-state index is 0.400. The minimum absolute atomic E-state index is 0.400. The van der Waals surface area contributed by atoms with Crippen LogP contribution in [0.25, 0.3) is 0 Å². The lowest BCUT2D eigenvalue weighted by atomic mass is 10.2. The molecule has 1 rings (SSSR count). The zero-order chi connectivity index (χ0) is 18.7. The van der Waals surface area contributed by atoms with Gasteiger partial charge in [0.25, 0.3) is 0 Å². The summed E-state index contributed by atoms with van der Waals surface area (Å²) in [5.41, 5.74) is 0. The van der Waals surface area contributed by atoms with Gasteiger partial charge in [0.1, 0.15) is 5.82 Å². The smallest absolute Gasteiger partial charge is 0.191 e. The van der Waals surface area contributed by atoms with Crippen LogP contribution in [0.4, 0.5) is 0 Å². The average Bonchev–Trinajstić information content (AvgIpc) is 3.01. The number of aliphatic imine (C=N–C) groups is 1. The molecule has 0 aliphatic heterocycles. The summed E-state index contributed by atoms with van der Waals surface area (Å²) in [6.45, 7) is 16.2. The molecule has 1 unspecified atom stereocenters. The normalized spacial score (nSPS) is 13.5. The average molecular weight is 351 g/mol. The first-order valence-electron chi connectivity index (χ1n) is 9.69. The molecule has 0 aliphatic rings. The van der Waals surface area contributed by atoms with Crippen molar-refractivity contribution >= 4 is 5.96 Å². The third-order valence-electron chi connectivity index (χ3n) is 4.39. The number of rotatable bonds is 11. The number of nitrogens with one attached hydrogen (secondary N) is 2. The van der Waals surface area contributed by atoms with E-state index in [0.29, 0.717) is 18.5 Å². The van der Waals surface area contributed by atoms with Crippen molar-refractivity contribution in [2.24, 2.45) is 10.9 Å². The minimum Gasteiger partial charge on any atom is -0.354 e. The predicted molar refractivity (Wildman–Crippen MR) is 107 cm³/mol. The maximum absolute atomic E-state index is 4.45. The van der Waals surface area contributed by atoms with Crippen LogP contribution in [0.3, 0.4) is 0 Å². The third-order valence-corrected chi connectivity index (χ3v) is 4.39. The molecule has 6 heteroatoms. The Morgan fingerprint density at radius 2 is 2.00 bits per heavy atom. The molecule has 0 amide bonds. The van der Waals surface area contributed by atoms with Gasteiger partial charge in [-0.15, -0.1) is 0 Å². The third kappa shape index (κ3) is 8.38. The highest BCUT2D eigenvalue weighted by Gasteiger charge is 2.09. The fourth-order valence-electron chi connectivity index (χ4n) is 2.89. The van der Waals surface area contributed by atoms with Crippen LogP contribution in [-0.2, 0) is 13.1 Å². The Morgan fingerprint density at radius 3 is 2.60 bits per heavy atom. The lowest BCUT2D eigenvalue weighted by molar-refractivity contribution is 0.292. The van der Waals surface area contributed by atoms with Gasteiger partial charge in [-0.3, -0.25) is 4.99 Å². The molecule has 0 fully saturated rings. The highest BCUT2D eigenvalue weighted by molar-refractivity contribution is 5.79. The quantitative estimate of drug-likeness (QED) is 0.476. The van der Waals surface area contributed by atoms with Crippen molar-refractivity contribution in [3.63, 3.8) is 0 Å². The second-order valence-electron chi connectivity index (χ2n) is 7.03. The molecule has 2 N–H and O–H groups in total. The second-order valence-corrected chi connectivity index (χ2v) is 7.03. The molecule has 0 spiro atoms. The van der Waals surface area contributed by atoms with Gasteiger partial charge in [-0.2, -0.15) is 0 Å². The van der Waals surface area contributed by atoms with Crippen molar-refractivity contribution in [2.45, 2.75) is 66.6 Å². The van der Waals surface area contributed by atoms with Gasteiger partial charge >= 0.3 is 0 Å². The van der Waals surface area contributed by atoms with Crippen LogP contribution in [-0.4, -0.2) is 53.1 Å². The Kier molecular flexibility index (Phi) is 10.2. The van der Waals surface area contributed by atoms with E-state index in [-0.39, 0.29) is 0 Å². The Balaban J connectivity index is 2.38. The van der Waals surface area contributed by atoms with E-state index in [1.807, 2.05) is 19.4 Å². The van der Waals surface area contributed by atoms with E-state index in [1.165, 1.54) is 6.42 Å². The van der Waals surface area contributed by atoms with Gasteiger partial charge < -0.3 is 20.1 Å². The summed E-state index contributed by atoms with van der Waals surface area (Å²) in [5, 5.41) is 6.87. The molecule has 0 aliphatic carbocycles. The van der Waals surface area contributed by atoms with Crippen molar-refractivity contribution in [2.75, 3.05) is 26.7 Å². The maximum Gasteiger partial charge on any atom is 0.191 e. The molecule has 6 nitrogen and oxygen atoms in total. The molecule has 1 aromatic heterocycles. The Morgan fingerprint density at radius 1 is 1.28 bits per heavy atom. The predicted octanol–water partition coefficient (Wildman–Crippen LogP) is 2.71. The summed E-state index contributed by atoms with van der Waals surface area (Å²) < 4.78 is 2.21. The van der Waals surface area contributed by atoms with Crippen LogP contribution < -0.4 is 10.6 Å². The molecule has 1 aromatic rings. The van der Waals surface area contributed by atoms with Crippen LogP contribution in [0.15, 0.2) is 17.4 Å². The molecule has 1 heterocycles. The first kappa shape index (κ1) is 21.5. The van der Waals surface area contributed by atoms with E-state index in [0.717, 1.165) is 44.4 Å². The van der Waals surface area contributed by atoms with Gasteiger partial charge in [0.2, 0.25) is 0 Å². The largest absolute Gasteiger partial charge is 0.354 e. The topological polar surface area (TPSA) is 57.5 Å². The number of nitrogens with zero attached hydrogens (tertiary/aromatic N) is 4. The van der Waals surface area contributed by atoms with Gasteiger partial charge in [-0.1, -0.05) is 27.7 Å².